The second kappa shape index (κ2) is 7.35. The first kappa shape index (κ1) is 11.7. The lowest BCUT2D eigenvalue weighted by atomic mass is 9.91. The highest BCUT2D eigenvalue weighted by Crippen LogP contribution is 2.22. The van der Waals surface area contributed by atoms with Gasteiger partial charge in [0.05, 0.1) is 0 Å². The Morgan fingerprint density at radius 1 is 1.33 bits per heavy atom. The number of hydrogen-bond donors (Lipinski definition) is 1. The van der Waals surface area contributed by atoms with Gasteiger partial charge in [0.15, 0.2) is 0 Å². The van der Waals surface area contributed by atoms with E-state index in [4.69, 9.17) is 5.73 Å². The van der Waals surface area contributed by atoms with Crippen molar-refractivity contribution >= 4 is 0 Å². The lowest BCUT2D eigenvalue weighted by Crippen LogP contribution is -2.23. The van der Waals surface area contributed by atoms with Crippen LogP contribution in [0.25, 0.3) is 0 Å². The van der Waals surface area contributed by atoms with Gasteiger partial charge in [-0.3, -0.25) is 0 Å². The van der Waals surface area contributed by atoms with Crippen molar-refractivity contribution in [2.24, 2.45) is 5.73 Å². The van der Waals surface area contributed by atoms with Crippen LogP contribution in [0.1, 0.15) is 52.9 Å². The molecule has 0 aromatic heterocycles. The maximum Gasteiger partial charge on any atom is 0.00449 e. The van der Waals surface area contributed by atoms with Crippen molar-refractivity contribution in [3.05, 3.63) is 11.6 Å². The highest BCUT2D eigenvalue weighted by molar-refractivity contribution is 5.05. The van der Waals surface area contributed by atoms with Crippen molar-refractivity contribution in [1.29, 1.82) is 0 Å². The van der Waals surface area contributed by atoms with Crippen LogP contribution in [0.3, 0.4) is 0 Å². The molecule has 0 heterocycles. The Morgan fingerprint density at radius 3 is 2.25 bits per heavy atom. The van der Waals surface area contributed by atoms with Crippen molar-refractivity contribution in [2.75, 3.05) is 0 Å². The summed E-state index contributed by atoms with van der Waals surface area (Å²) >= 11 is 0. The molecule has 1 fully saturated rings. The lowest BCUT2D eigenvalue weighted by molar-refractivity contribution is 0.510. The Kier molecular flexibility index (Phi) is 7.17. The van der Waals surface area contributed by atoms with E-state index < -0.39 is 0 Å². The molecule has 0 aliphatic heterocycles. The first-order valence-electron chi connectivity index (χ1n) is 5.26. The molecule has 72 valence electrons. The molecule has 1 nitrogen and oxygen atoms in total. The van der Waals surface area contributed by atoms with E-state index in [1.807, 2.05) is 13.8 Å². The normalized spacial score (nSPS) is 22.7. The smallest absolute Gasteiger partial charge is 0.00449 e. The van der Waals surface area contributed by atoms with Crippen LogP contribution in [0, 0.1) is 0 Å². The SMILES string of the molecule is CC.CCC=C1CCC(N)CC1. The quantitative estimate of drug-likeness (QED) is 0.599. The largest absolute Gasteiger partial charge is 0.328 e. The molecule has 0 amide bonds. The van der Waals surface area contributed by atoms with Gasteiger partial charge in [0.2, 0.25) is 0 Å². The maximum atomic E-state index is 5.77. The van der Waals surface area contributed by atoms with Crippen LogP contribution in [0.5, 0.6) is 0 Å². The lowest BCUT2D eigenvalue weighted by Gasteiger charge is -2.19. The summed E-state index contributed by atoms with van der Waals surface area (Å²) in [6, 6.07) is 0.481. The molecule has 0 unspecified atom stereocenters. The fourth-order valence-electron chi connectivity index (χ4n) is 1.50. The van der Waals surface area contributed by atoms with Crippen molar-refractivity contribution in [1.82, 2.24) is 0 Å². The van der Waals surface area contributed by atoms with Gasteiger partial charge in [-0.25, -0.2) is 0 Å². The minimum absolute atomic E-state index is 0.481. The fourth-order valence-corrected chi connectivity index (χ4v) is 1.50. The average molecular weight is 169 g/mol. The molecule has 0 bridgehead atoms. The second-order valence-electron chi connectivity index (χ2n) is 3.11. The summed E-state index contributed by atoms with van der Waals surface area (Å²) in [6.07, 6.45) is 8.43. The molecule has 0 atom stereocenters. The summed E-state index contributed by atoms with van der Waals surface area (Å²) in [5.41, 5.74) is 7.39. The van der Waals surface area contributed by atoms with Crippen LogP contribution in [-0.2, 0) is 0 Å². The highest BCUT2D eigenvalue weighted by Gasteiger charge is 2.11. The Hall–Kier alpha value is -0.300. The summed E-state index contributed by atoms with van der Waals surface area (Å²) in [7, 11) is 0. The van der Waals surface area contributed by atoms with Crippen LogP contribution in [-0.4, -0.2) is 6.04 Å². The topological polar surface area (TPSA) is 26.0 Å². The van der Waals surface area contributed by atoms with Crippen LogP contribution < -0.4 is 5.73 Å². The van der Waals surface area contributed by atoms with Crippen LogP contribution in [0.15, 0.2) is 11.6 Å². The Balaban J connectivity index is 0.000000561. The summed E-state index contributed by atoms with van der Waals surface area (Å²) in [6.45, 7) is 6.20. The zero-order chi connectivity index (χ0) is 9.40. The predicted molar refractivity (Wildman–Crippen MR) is 56.2 cm³/mol. The number of hydrogen-bond acceptors (Lipinski definition) is 1. The summed E-state index contributed by atoms with van der Waals surface area (Å²) in [5.74, 6) is 0. The first-order valence-corrected chi connectivity index (χ1v) is 5.26. The van der Waals surface area contributed by atoms with Gasteiger partial charge in [-0.05, 0) is 32.1 Å². The van der Waals surface area contributed by atoms with Gasteiger partial charge in [0.25, 0.3) is 0 Å². The van der Waals surface area contributed by atoms with Gasteiger partial charge in [-0.1, -0.05) is 32.4 Å². The molecule has 0 aromatic rings. The molecule has 1 aliphatic carbocycles. The molecule has 0 saturated heterocycles. The predicted octanol–water partition coefficient (Wildman–Crippen LogP) is 3.25. The molecule has 2 N–H and O–H groups in total. The van der Waals surface area contributed by atoms with Crippen molar-refractivity contribution in [3.63, 3.8) is 0 Å². The Bertz CT molecular complexity index is 117. The fraction of sp³-hybridized carbons (Fsp3) is 0.818. The van der Waals surface area contributed by atoms with Gasteiger partial charge in [-0.15, -0.1) is 0 Å². The van der Waals surface area contributed by atoms with E-state index in [0.717, 1.165) is 0 Å². The van der Waals surface area contributed by atoms with Crippen LogP contribution in [0.4, 0.5) is 0 Å². The van der Waals surface area contributed by atoms with E-state index in [9.17, 15) is 0 Å². The van der Waals surface area contributed by atoms with Gasteiger partial charge in [0, 0.05) is 6.04 Å². The molecular formula is C11H23N. The highest BCUT2D eigenvalue weighted by atomic mass is 14.6. The third kappa shape index (κ3) is 4.55. The van der Waals surface area contributed by atoms with E-state index in [1.165, 1.54) is 32.1 Å². The van der Waals surface area contributed by atoms with Crippen molar-refractivity contribution in [2.45, 2.75) is 58.9 Å². The second-order valence-corrected chi connectivity index (χ2v) is 3.11. The van der Waals surface area contributed by atoms with Gasteiger partial charge in [-0.2, -0.15) is 0 Å². The molecule has 1 heteroatoms. The molecule has 1 rings (SSSR count). The van der Waals surface area contributed by atoms with Crippen LogP contribution in [0.2, 0.25) is 0 Å². The molecule has 12 heavy (non-hydrogen) atoms. The third-order valence-electron chi connectivity index (χ3n) is 2.17. The minimum Gasteiger partial charge on any atom is -0.328 e. The molecule has 0 radical (unpaired) electrons. The monoisotopic (exact) mass is 169 g/mol. The van der Waals surface area contributed by atoms with Crippen molar-refractivity contribution < 1.29 is 0 Å². The first-order chi connectivity index (χ1) is 5.83. The van der Waals surface area contributed by atoms with Gasteiger partial charge >= 0.3 is 0 Å². The number of rotatable bonds is 1. The average Bonchev–Trinajstić information content (AvgIpc) is 2.13. The number of allylic oxidation sites excluding steroid dienone is 2. The van der Waals surface area contributed by atoms with E-state index in [0.29, 0.717) is 6.04 Å². The zero-order valence-corrected chi connectivity index (χ0v) is 8.77. The van der Waals surface area contributed by atoms with E-state index in [2.05, 4.69) is 13.0 Å². The Morgan fingerprint density at radius 2 is 1.83 bits per heavy atom. The van der Waals surface area contributed by atoms with Gasteiger partial charge < -0.3 is 5.73 Å². The molecule has 1 saturated carbocycles. The molecular weight excluding hydrogens is 146 g/mol. The number of nitrogens with two attached hydrogens (primary N) is 1. The zero-order valence-electron chi connectivity index (χ0n) is 8.77. The molecule has 0 spiro atoms. The molecule has 0 aromatic carbocycles. The van der Waals surface area contributed by atoms with E-state index in [-0.39, 0.29) is 0 Å². The van der Waals surface area contributed by atoms with Crippen LogP contribution >= 0.6 is 0 Å². The van der Waals surface area contributed by atoms with Gasteiger partial charge in [0.1, 0.15) is 0 Å². The Labute approximate surface area is 77.0 Å². The summed E-state index contributed by atoms with van der Waals surface area (Å²) in [4.78, 5) is 0. The molecule has 1 aliphatic rings. The third-order valence-corrected chi connectivity index (χ3v) is 2.17. The van der Waals surface area contributed by atoms with E-state index in [1.54, 1.807) is 5.57 Å². The minimum atomic E-state index is 0.481. The van der Waals surface area contributed by atoms with E-state index >= 15 is 0 Å². The summed E-state index contributed by atoms with van der Waals surface area (Å²) in [5, 5.41) is 0. The van der Waals surface area contributed by atoms with Crippen molar-refractivity contribution in [3.8, 4) is 0 Å². The maximum absolute atomic E-state index is 5.77. The standard InChI is InChI=1S/C9H17N.C2H6/c1-2-3-8-4-6-9(10)7-5-8;1-2/h3,9H,2,4-7,10H2,1H3;1-2H3. The summed E-state index contributed by atoms with van der Waals surface area (Å²) < 4.78 is 0.